The molecule has 0 radical (unpaired) electrons. The molecule has 0 atom stereocenters. The van der Waals surface area contributed by atoms with Crippen molar-refractivity contribution in [1.29, 1.82) is 0 Å². The van der Waals surface area contributed by atoms with E-state index in [2.05, 4.69) is 6.92 Å². The molecular formula is C22H41NaO4. The Labute approximate surface area is 188 Å². The van der Waals surface area contributed by atoms with E-state index < -0.39 is 11.9 Å². The normalized spacial score (nSPS) is 10.7. The van der Waals surface area contributed by atoms with Gasteiger partial charge in [0.05, 0.1) is 6.61 Å². The topological polar surface area (TPSA) is 63.6 Å². The maximum absolute atomic E-state index is 11.1. The van der Waals surface area contributed by atoms with Gasteiger partial charge in [0.1, 0.15) is 0 Å². The van der Waals surface area contributed by atoms with Crippen LogP contribution in [0.1, 0.15) is 110 Å². The average Bonchev–Trinajstić information content (AvgIpc) is 2.62. The SMILES string of the molecule is CCCCCCCCCCCCCCCCCCOC(=O)/C=C/C(=O)O.[NaH]. The monoisotopic (exact) mass is 392 g/mol. The molecule has 0 aliphatic heterocycles. The number of esters is 1. The molecule has 0 aliphatic rings. The van der Waals surface area contributed by atoms with Crippen LogP contribution in [0.3, 0.4) is 0 Å². The van der Waals surface area contributed by atoms with Crippen molar-refractivity contribution in [2.45, 2.75) is 110 Å². The van der Waals surface area contributed by atoms with Crippen LogP contribution in [0.5, 0.6) is 0 Å². The van der Waals surface area contributed by atoms with E-state index in [0.29, 0.717) is 6.61 Å². The summed E-state index contributed by atoms with van der Waals surface area (Å²) in [5.41, 5.74) is 0. The molecule has 1 N–H and O–H groups in total. The molecule has 0 fully saturated rings. The summed E-state index contributed by atoms with van der Waals surface area (Å²) in [6, 6.07) is 0. The number of hydrogen-bond donors (Lipinski definition) is 1. The number of ether oxygens (including phenoxy) is 1. The van der Waals surface area contributed by atoms with Crippen LogP contribution >= 0.6 is 0 Å². The fourth-order valence-electron chi connectivity index (χ4n) is 3.01. The van der Waals surface area contributed by atoms with Gasteiger partial charge in [-0.1, -0.05) is 103 Å². The summed E-state index contributed by atoms with van der Waals surface area (Å²) in [5.74, 6) is -1.71. The Morgan fingerprint density at radius 3 is 1.41 bits per heavy atom. The number of carboxylic acid groups (broad SMARTS) is 1. The van der Waals surface area contributed by atoms with Crippen LogP contribution in [-0.4, -0.2) is 53.2 Å². The molecule has 154 valence electrons. The number of carbonyl (C=O) groups excluding carboxylic acids is 1. The van der Waals surface area contributed by atoms with Gasteiger partial charge >= 0.3 is 41.5 Å². The van der Waals surface area contributed by atoms with Crippen molar-refractivity contribution in [3.05, 3.63) is 12.2 Å². The fraction of sp³-hybridized carbons (Fsp3) is 0.818. The van der Waals surface area contributed by atoms with Crippen LogP contribution in [0.2, 0.25) is 0 Å². The Kier molecular flexibility index (Phi) is 25.4. The van der Waals surface area contributed by atoms with Crippen molar-refractivity contribution in [2.24, 2.45) is 0 Å². The second-order valence-corrected chi connectivity index (χ2v) is 7.14. The van der Waals surface area contributed by atoms with Crippen molar-refractivity contribution < 1.29 is 19.4 Å². The molecule has 27 heavy (non-hydrogen) atoms. The van der Waals surface area contributed by atoms with Crippen LogP contribution in [0.15, 0.2) is 12.2 Å². The summed E-state index contributed by atoms with van der Waals surface area (Å²) in [6.07, 6.45) is 22.7. The molecule has 0 amide bonds. The zero-order valence-electron chi connectivity index (χ0n) is 16.8. The quantitative estimate of drug-likeness (QED) is 0.131. The molecule has 0 saturated heterocycles. The van der Waals surface area contributed by atoms with Crippen LogP contribution in [0.25, 0.3) is 0 Å². The van der Waals surface area contributed by atoms with Crippen molar-refractivity contribution in [2.75, 3.05) is 6.61 Å². The van der Waals surface area contributed by atoms with Gasteiger partial charge in [0.25, 0.3) is 0 Å². The summed E-state index contributed by atoms with van der Waals surface area (Å²) in [7, 11) is 0. The summed E-state index contributed by atoms with van der Waals surface area (Å²) in [5, 5.41) is 8.39. The first-order valence-corrected chi connectivity index (χ1v) is 10.7. The first-order valence-electron chi connectivity index (χ1n) is 10.7. The van der Waals surface area contributed by atoms with Crippen molar-refractivity contribution >= 4 is 41.5 Å². The third-order valence-corrected chi connectivity index (χ3v) is 4.60. The number of carbonyl (C=O) groups is 2. The first-order chi connectivity index (χ1) is 12.7. The van der Waals surface area contributed by atoms with Crippen LogP contribution in [0, 0.1) is 0 Å². The number of aliphatic carboxylic acids is 1. The van der Waals surface area contributed by atoms with Gasteiger partial charge in [-0.05, 0) is 6.42 Å². The van der Waals surface area contributed by atoms with Crippen molar-refractivity contribution in [3.8, 4) is 0 Å². The molecule has 4 nitrogen and oxygen atoms in total. The van der Waals surface area contributed by atoms with Crippen LogP contribution in [-0.2, 0) is 14.3 Å². The zero-order valence-corrected chi connectivity index (χ0v) is 16.8. The Bertz CT molecular complexity index is 369. The number of rotatable bonds is 19. The van der Waals surface area contributed by atoms with E-state index in [4.69, 9.17) is 9.84 Å². The number of unbranched alkanes of at least 4 members (excludes halogenated alkanes) is 15. The molecule has 0 saturated carbocycles. The summed E-state index contributed by atoms with van der Waals surface area (Å²) < 4.78 is 4.92. The first kappa shape index (κ1) is 28.9. The van der Waals surface area contributed by atoms with Gasteiger partial charge in [-0.15, -0.1) is 0 Å². The van der Waals surface area contributed by atoms with Crippen LogP contribution < -0.4 is 0 Å². The van der Waals surface area contributed by atoms with E-state index in [1.165, 1.54) is 89.9 Å². The standard InChI is InChI=1S/C22H40O4.Na.H/c1-2-3-4-5-6-7-8-9-10-11-12-13-14-15-16-17-20-26-22(25)19-18-21(23)24;;/h18-19H,2-17,20H2,1H3,(H,23,24);;/b19-18+;;. The molecule has 0 spiro atoms. The number of carboxylic acids is 1. The van der Waals surface area contributed by atoms with Gasteiger partial charge in [-0.2, -0.15) is 0 Å². The van der Waals surface area contributed by atoms with Crippen LogP contribution in [0.4, 0.5) is 0 Å². The van der Waals surface area contributed by atoms with Gasteiger partial charge in [0, 0.05) is 12.2 Å². The van der Waals surface area contributed by atoms with Gasteiger partial charge in [0.15, 0.2) is 0 Å². The Morgan fingerprint density at radius 2 is 1.04 bits per heavy atom. The molecule has 0 rings (SSSR count). The van der Waals surface area contributed by atoms with E-state index in [9.17, 15) is 9.59 Å². The molecule has 0 aromatic heterocycles. The summed E-state index contributed by atoms with van der Waals surface area (Å²) >= 11 is 0. The van der Waals surface area contributed by atoms with E-state index in [-0.39, 0.29) is 29.6 Å². The van der Waals surface area contributed by atoms with E-state index >= 15 is 0 Å². The van der Waals surface area contributed by atoms with Crippen molar-refractivity contribution in [3.63, 3.8) is 0 Å². The van der Waals surface area contributed by atoms with Gasteiger partial charge in [0.2, 0.25) is 0 Å². The molecule has 0 aliphatic carbocycles. The molecule has 0 aromatic carbocycles. The van der Waals surface area contributed by atoms with E-state index in [1.807, 2.05) is 0 Å². The summed E-state index contributed by atoms with van der Waals surface area (Å²) in [4.78, 5) is 21.4. The van der Waals surface area contributed by atoms with Gasteiger partial charge in [-0.3, -0.25) is 0 Å². The predicted molar refractivity (Wildman–Crippen MR) is 114 cm³/mol. The maximum atomic E-state index is 11.1. The fourth-order valence-corrected chi connectivity index (χ4v) is 3.01. The van der Waals surface area contributed by atoms with Crippen molar-refractivity contribution in [1.82, 2.24) is 0 Å². The van der Waals surface area contributed by atoms with E-state index in [0.717, 1.165) is 25.0 Å². The average molecular weight is 393 g/mol. The second-order valence-electron chi connectivity index (χ2n) is 7.14. The molecule has 5 heteroatoms. The number of hydrogen-bond acceptors (Lipinski definition) is 3. The van der Waals surface area contributed by atoms with Gasteiger partial charge in [-0.25, -0.2) is 9.59 Å². The minimum absolute atomic E-state index is 0. The summed E-state index contributed by atoms with van der Waals surface area (Å²) in [6.45, 7) is 2.64. The Morgan fingerprint density at radius 1 is 0.667 bits per heavy atom. The van der Waals surface area contributed by atoms with E-state index in [1.54, 1.807) is 0 Å². The van der Waals surface area contributed by atoms with Gasteiger partial charge < -0.3 is 9.84 Å². The molecule has 0 bridgehead atoms. The molecule has 0 heterocycles. The molecule has 0 aromatic rings. The predicted octanol–water partition coefficient (Wildman–Crippen LogP) is 5.78. The third kappa shape index (κ3) is 25.7. The Balaban J connectivity index is 0. The third-order valence-electron chi connectivity index (χ3n) is 4.60. The molecular weight excluding hydrogens is 351 g/mol. The zero-order chi connectivity index (χ0) is 19.3. The molecule has 0 unspecified atom stereocenters. The minimum atomic E-state index is -1.13. The second kappa shape index (κ2) is 23.7. The Hall–Kier alpha value is -0.320.